The Kier molecular flexibility index (Phi) is 4.02. The summed E-state index contributed by atoms with van der Waals surface area (Å²) in [4.78, 5) is 2.18. The summed E-state index contributed by atoms with van der Waals surface area (Å²) in [6.45, 7) is 1.29. The van der Waals surface area contributed by atoms with Crippen LogP contribution in [0.3, 0.4) is 0 Å². The zero-order chi connectivity index (χ0) is 12.4. The number of likely N-dealkylation sites (N-methyl/N-ethyl adjacent to an activating group) is 1. The van der Waals surface area contributed by atoms with Gasteiger partial charge in [0.1, 0.15) is 5.82 Å². The van der Waals surface area contributed by atoms with Gasteiger partial charge in [0, 0.05) is 24.2 Å². The largest absolute Gasteiger partial charge is 0.329 e. The second-order valence-electron chi connectivity index (χ2n) is 4.79. The molecule has 1 aromatic rings. The van der Waals surface area contributed by atoms with E-state index in [0.717, 1.165) is 5.56 Å². The molecule has 2 N–H and O–H groups in total. The van der Waals surface area contributed by atoms with Gasteiger partial charge >= 0.3 is 0 Å². The zero-order valence-corrected chi connectivity index (χ0v) is 10.8. The van der Waals surface area contributed by atoms with E-state index < -0.39 is 0 Å². The Labute approximate surface area is 107 Å². The number of halogens is 2. The van der Waals surface area contributed by atoms with Crippen LogP contribution in [0.15, 0.2) is 18.2 Å². The lowest BCUT2D eigenvalue weighted by molar-refractivity contribution is 0.215. The van der Waals surface area contributed by atoms with E-state index >= 15 is 0 Å². The van der Waals surface area contributed by atoms with Crippen LogP contribution in [0.25, 0.3) is 0 Å². The SMILES string of the molecule is CN(Cc1cc(F)ccc1Cl)C(CN)C1CC1. The van der Waals surface area contributed by atoms with Crippen LogP contribution in [0, 0.1) is 11.7 Å². The highest BCUT2D eigenvalue weighted by molar-refractivity contribution is 6.31. The Morgan fingerprint density at radius 3 is 2.82 bits per heavy atom. The molecule has 17 heavy (non-hydrogen) atoms. The van der Waals surface area contributed by atoms with Gasteiger partial charge in [0.2, 0.25) is 0 Å². The number of rotatable bonds is 5. The number of hydrogen-bond donors (Lipinski definition) is 1. The van der Waals surface area contributed by atoms with E-state index in [4.69, 9.17) is 17.3 Å². The highest BCUT2D eigenvalue weighted by Crippen LogP contribution is 2.35. The minimum Gasteiger partial charge on any atom is -0.329 e. The van der Waals surface area contributed by atoms with Crippen LogP contribution >= 0.6 is 11.6 Å². The molecule has 1 fully saturated rings. The quantitative estimate of drug-likeness (QED) is 0.878. The van der Waals surface area contributed by atoms with Crippen LogP contribution < -0.4 is 5.73 Å². The number of nitrogens with two attached hydrogens (primary N) is 1. The Morgan fingerprint density at radius 1 is 1.53 bits per heavy atom. The molecule has 1 aliphatic carbocycles. The first kappa shape index (κ1) is 12.8. The van der Waals surface area contributed by atoms with Crippen molar-refractivity contribution in [1.29, 1.82) is 0 Å². The molecule has 1 atom stereocenters. The van der Waals surface area contributed by atoms with Crippen LogP contribution in [0.5, 0.6) is 0 Å². The molecule has 0 aromatic heterocycles. The van der Waals surface area contributed by atoms with Crippen molar-refractivity contribution in [1.82, 2.24) is 4.90 Å². The third kappa shape index (κ3) is 3.18. The van der Waals surface area contributed by atoms with E-state index in [-0.39, 0.29) is 5.82 Å². The Morgan fingerprint density at radius 2 is 2.24 bits per heavy atom. The third-order valence-electron chi connectivity index (χ3n) is 3.40. The summed E-state index contributed by atoms with van der Waals surface area (Å²) < 4.78 is 13.1. The van der Waals surface area contributed by atoms with Crippen molar-refractivity contribution in [3.63, 3.8) is 0 Å². The fourth-order valence-corrected chi connectivity index (χ4v) is 2.44. The van der Waals surface area contributed by atoms with Crippen molar-refractivity contribution < 1.29 is 4.39 Å². The first-order chi connectivity index (χ1) is 8.11. The van der Waals surface area contributed by atoms with Gasteiger partial charge in [-0.05, 0) is 49.6 Å². The molecule has 4 heteroatoms. The molecular weight excluding hydrogens is 239 g/mol. The molecule has 1 unspecified atom stereocenters. The molecule has 1 aliphatic rings. The summed E-state index contributed by atoms with van der Waals surface area (Å²) in [6.07, 6.45) is 2.51. The molecule has 2 nitrogen and oxygen atoms in total. The van der Waals surface area contributed by atoms with Gasteiger partial charge in [-0.25, -0.2) is 4.39 Å². The second kappa shape index (κ2) is 5.34. The van der Waals surface area contributed by atoms with E-state index in [1.807, 2.05) is 7.05 Å². The molecule has 0 aliphatic heterocycles. The Bertz CT molecular complexity index is 393. The minimum absolute atomic E-state index is 0.242. The van der Waals surface area contributed by atoms with Gasteiger partial charge in [0.05, 0.1) is 0 Å². The van der Waals surface area contributed by atoms with Gasteiger partial charge in [-0.1, -0.05) is 11.6 Å². The lowest BCUT2D eigenvalue weighted by atomic mass is 10.1. The molecule has 1 saturated carbocycles. The number of benzene rings is 1. The predicted molar refractivity (Wildman–Crippen MR) is 68.4 cm³/mol. The molecule has 0 saturated heterocycles. The maximum atomic E-state index is 13.1. The van der Waals surface area contributed by atoms with Gasteiger partial charge in [-0.2, -0.15) is 0 Å². The molecule has 1 aromatic carbocycles. The highest BCUT2D eigenvalue weighted by Gasteiger charge is 2.32. The summed E-state index contributed by atoms with van der Waals surface area (Å²) in [5.41, 5.74) is 6.61. The van der Waals surface area contributed by atoms with Gasteiger partial charge in [0.25, 0.3) is 0 Å². The van der Waals surface area contributed by atoms with E-state index in [9.17, 15) is 4.39 Å². The summed E-state index contributed by atoms with van der Waals surface area (Å²) in [5, 5.41) is 0.616. The molecule has 2 rings (SSSR count). The average Bonchev–Trinajstić information content (AvgIpc) is 3.09. The van der Waals surface area contributed by atoms with Crippen LogP contribution in [0.1, 0.15) is 18.4 Å². The van der Waals surface area contributed by atoms with Gasteiger partial charge in [-0.15, -0.1) is 0 Å². The Balaban J connectivity index is 2.05. The van der Waals surface area contributed by atoms with Crippen molar-refractivity contribution in [2.24, 2.45) is 11.7 Å². The zero-order valence-electron chi connectivity index (χ0n) is 10.00. The monoisotopic (exact) mass is 256 g/mol. The van der Waals surface area contributed by atoms with Gasteiger partial charge in [0.15, 0.2) is 0 Å². The maximum absolute atomic E-state index is 13.1. The predicted octanol–water partition coefficient (Wildman–Crippen LogP) is 2.65. The summed E-state index contributed by atoms with van der Waals surface area (Å²) in [5.74, 6) is 0.464. The van der Waals surface area contributed by atoms with E-state index in [1.165, 1.54) is 25.0 Å². The maximum Gasteiger partial charge on any atom is 0.123 e. The number of hydrogen-bond acceptors (Lipinski definition) is 2. The fourth-order valence-electron chi connectivity index (χ4n) is 2.26. The minimum atomic E-state index is -0.242. The third-order valence-corrected chi connectivity index (χ3v) is 3.77. The van der Waals surface area contributed by atoms with Crippen molar-refractivity contribution in [3.8, 4) is 0 Å². The van der Waals surface area contributed by atoms with Crippen LogP contribution in [-0.4, -0.2) is 24.5 Å². The van der Waals surface area contributed by atoms with Crippen LogP contribution in [-0.2, 0) is 6.54 Å². The van der Waals surface area contributed by atoms with E-state index in [0.29, 0.717) is 30.1 Å². The van der Waals surface area contributed by atoms with Crippen LogP contribution in [0.2, 0.25) is 5.02 Å². The van der Waals surface area contributed by atoms with E-state index in [2.05, 4.69) is 4.90 Å². The molecule has 0 amide bonds. The lowest BCUT2D eigenvalue weighted by Gasteiger charge is -2.27. The molecule has 94 valence electrons. The topological polar surface area (TPSA) is 29.3 Å². The smallest absolute Gasteiger partial charge is 0.123 e. The molecule has 0 radical (unpaired) electrons. The van der Waals surface area contributed by atoms with Crippen LogP contribution in [0.4, 0.5) is 4.39 Å². The summed E-state index contributed by atoms with van der Waals surface area (Å²) in [7, 11) is 2.02. The number of nitrogens with zero attached hydrogens (tertiary/aromatic N) is 1. The fraction of sp³-hybridized carbons (Fsp3) is 0.538. The van der Waals surface area contributed by atoms with Gasteiger partial charge < -0.3 is 5.73 Å². The van der Waals surface area contributed by atoms with E-state index in [1.54, 1.807) is 6.07 Å². The second-order valence-corrected chi connectivity index (χ2v) is 5.20. The molecule has 0 spiro atoms. The summed E-state index contributed by atoms with van der Waals surface area (Å²) >= 11 is 6.06. The van der Waals surface area contributed by atoms with Crippen molar-refractivity contribution in [2.75, 3.05) is 13.6 Å². The first-order valence-electron chi connectivity index (χ1n) is 5.96. The standard InChI is InChI=1S/C13H18ClFN2/c1-17(13(7-16)9-2-3-9)8-10-6-11(15)4-5-12(10)14/h4-6,9,13H,2-3,7-8,16H2,1H3. The van der Waals surface area contributed by atoms with Crippen molar-refractivity contribution in [2.45, 2.75) is 25.4 Å². The average molecular weight is 257 g/mol. The highest BCUT2D eigenvalue weighted by atomic mass is 35.5. The van der Waals surface area contributed by atoms with Gasteiger partial charge in [-0.3, -0.25) is 4.90 Å². The Hall–Kier alpha value is -0.640. The van der Waals surface area contributed by atoms with Crippen molar-refractivity contribution >= 4 is 11.6 Å². The lowest BCUT2D eigenvalue weighted by Crippen LogP contribution is -2.39. The first-order valence-corrected chi connectivity index (χ1v) is 6.34. The molecule has 0 bridgehead atoms. The molecule has 0 heterocycles. The summed E-state index contributed by atoms with van der Waals surface area (Å²) in [6, 6.07) is 4.87. The van der Waals surface area contributed by atoms with Crippen molar-refractivity contribution in [3.05, 3.63) is 34.6 Å². The normalized spacial score (nSPS) is 17.5. The molecular formula is C13H18ClFN2.